The molecule has 0 radical (unpaired) electrons. The van der Waals surface area contributed by atoms with Crippen LogP contribution in [-0.2, 0) is 4.79 Å². The minimum Gasteiger partial charge on any atom is -0.477 e. The van der Waals surface area contributed by atoms with E-state index < -0.39 is 5.97 Å². The van der Waals surface area contributed by atoms with Crippen molar-refractivity contribution in [3.63, 3.8) is 0 Å². The topological polar surface area (TPSA) is 105 Å². The monoisotopic (exact) mass is 237 g/mol. The molecule has 17 heavy (non-hydrogen) atoms. The molecule has 0 bridgehead atoms. The number of carbonyl (C=O) groups excluding carboxylic acids is 1. The Morgan fingerprint density at radius 2 is 2.24 bits per heavy atom. The predicted octanol–water partition coefficient (Wildman–Crippen LogP) is 0.703. The summed E-state index contributed by atoms with van der Waals surface area (Å²) < 4.78 is 0. The number of aromatic carboxylic acids is 1. The smallest absolute Gasteiger partial charge is 0.354 e. The van der Waals surface area contributed by atoms with Gasteiger partial charge in [0.25, 0.3) is 0 Å². The number of nitrogens with one attached hydrogen (secondary N) is 1. The number of nitrogens with zero attached hydrogens (tertiary/aromatic N) is 1. The van der Waals surface area contributed by atoms with E-state index in [0.717, 1.165) is 0 Å². The first-order valence-electron chi connectivity index (χ1n) is 5.25. The van der Waals surface area contributed by atoms with Gasteiger partial charge in [0, 0.05) is 5.92 Å². The van der Waals surface area contributed by atoms with Crippen molar-refractivity contribution in [2.45, 2.75) is 13.3 Å². The van der Waals surface area contributed by atoms with Gasteiger partial charge < -0.3 is 16.2 Å². The normalized spacial score (nSPS) is 11.9. The Bertz CT molecular complexity index is 403. The zero-order chi connectivity index (χ0) is 12.8. The van der Waals surface area contributed by atoms with Crippen molar-refractivity contribution in [2.24, 2.45) is 11.7 Å². The lowest BCUT2D eigenvalue weighted by molar-refractivity contribution is -0.119. The minimum atomic E-state index is -1.10. The summed E-state index contributed by atoms with van der Waals surface area (Å²) in [6, 6.07) is 2.84. The summed E-state index contributed by atoms with van der Waals surface area (Å²) in [6.07, 6.45) is 1.92. The van der Waals surface area contributed by atoms with E-state index in [2.05, 4.69) is 10.3 Å². The maximum Gasteiger partial charge on any atom is 0.354 e. The zero-order valence-corrected chi connectivity index (χ0v) is 9.51. The van der Waals surface area contributed by atoms with E-state index in [1.165, 1.54) is 18.3 Å². The van der Waals surface area contributed by atoms with Crippen LogP contribution in [0.4, 0.5) is 5.69 Å². The molecular weight excluding hydrogens is 222 g/mol. The number of carboxylic acids is 1. The maximum absolute atomic E-state index is 11.6. The number of carbonyl (C=O) groups is 2. The number of hydrogen-bond acceptors (Lipinski definition) is 4. The van der Waals surface area contributed by atoms with E-state index in [-0.39, 0.29) is 17.5 Å². The van der Waals surface area contributed by atoms with Crippen LogP contribution in [0.15, 0.2) is 18.3 Å². The summed E-state index contributed by atoms with van der Waals surface area (Å²) in [5.41, 5.74) is 5.77. The third-order valence-electron chi connectivity index (χ3n) is 2.30. The van der Waals surface area contributed by atoms with Crippen LogP contribution < -0.4 is 11.1 Å². The highest BCUT2D eigenvalue weighted by Crippen LogP contribution is 2.09. The van der Waals surface area contributed by atoms with Gasteiger partial charge in [-0.3, -0.25) is 4.79 Å². The average molecular weight is 237 g/mol. The largest absolute Gasteiger partial charge is 0.477 e. The Kier molecular flexibility index (Phi) is 4.59. The fourth-order valence-corrected chi connectivity index (χ4v) is 1.24. The number of nitrogens with two attached hydrogens (primary N) is 1. The molecule has 1 aromatic rings. The van der Waals surface area contributed by atoms with E-state index in [4.69, 9.17) is 10.8 Å². The molecule has 1 rings (SSSR count). The fourth-order valence-electron chi connectivity index (χ4n) is 1.24. The summed E-state index contributed by atoms with van der Waals surface area (Å²) in [5, 5.41) is 11.3. The standard InChI is InChI=1S/C11H15N3O3/c1-7(4-5-12)10(15)14-8-2-3-9(11(16)17)13-6-8/h2-3,6-7H,4-5,12H2,1H3,(H,14,15)(H,16,17). The SMILES string of the molecule is CC(CCN)C(=O)Nc1ccc(C(=O)O)nc1. The fraction of sp³-hybridized carbons (Fsp3) is 0.364. The van der Waals surface area contributed by atoms with Gasteiger partial charge >= 0.3 is 5.97 Å². The molecule has 0 spiro atoms. The summed E-state index contributed by atoms with van der Waals surface area (Å²) in [5.74, 6) is -1.43. The van der Waals surface area contributed by atoms with E-state index >= 15 is 0 Å². The highest BCUT2D eigenvalue weighted by Gasteiger charge is 2.12. The Morgan fingerprint density at radius 1 is 1.53 bits per heavy atom. The number of hydrogen-bond donors (Lipinski definition) is 3. The van der Waals surface area contributed by atoms with E-state index in [0.29, 0.717) is 18.7 Å². The van der Waals surface area contributed by atoms with Crippen LogP contribution in [0.2, 0.25) is 0 Å². The summed E-state index contributed by atoms with van der Waals surface area (Å²) in [7, 11) is 0. The molecule has 6 nitrogen and oxygen atoms in total. The van der Waals surface area contributed by atoms with Crippen LogP contribution in [0.3, 0.4) is 0 Å². The quantitative estimate of drug-likeness (QED) is 0.699. The molecule has 1 amide bonds. The van der Waals surface area contributed by atoms with Gasteiger partial charge in [0.05, 0.1) is 11.9 Å². The molecule has 0 saturated carbocycles. The molecule has 4 N–H and O–H groups in total. The van der Waals surface area contributed by atoms with Crippen LogP contribution in [0, 0.1) is 5.92 Å². The molecule has 0 aliphatic heterocycles. The Morgan fingerprint density at radius 3 is 2.71 bits per heavy atom. The van der Waals surface area contributed by atoms with Crippen LogP contribution in [0.5, 0.6) is 0 Å². The number of aromatic nitrogens is 1. The first kappa shape index (κ1) is 13.1. The first-order chi connectivity index (χ1) is 8.04. The highest BCUT2D eigenvalue weighted by molar-refractivity contribution is 5.92. The van der Waals surface area contributed by atoms with Gasteiger partial charge in [-0.2, -0.15) is 0 Å². The summed E-state index contributed by atoms with van der Waals surface area (Å²) in [6.45, 7) is 2.23. The highest BCUT2D eigenvalue weighted by atomic mass is 16.4. The number of carboxylic acid groups (broad SMARTS) is 1. The van der Waals surface area contributed by atoms with Gasteiger partial charge in [-0.25, -0.2) is 9.78 Å². The molecule has 92 valence electrons. The van der Waals surface area contributed by atoms with Crippen molar-refractivity contribution in [1.82, 2.24) is 4.98 Å². The van der Waals surface area contributed by atoms with Crippen molar-refractivity contribution in [3.05, 3.63) is 24.0 Å². The molecule has 1 heterocycles. The van der Waals surface area contributed by atoms with Gasteiger partial charge in [-0.05, 0) is 25.1 Å². The molecule has 0 aromatic carbocycles. The Balaban J connectivity index is 2.63. The van der Waals surface area contributed by atoms with Crippen molar-refractivity contribution < 1.29 is 14.7 Å². The van der Waals surface area contributed by atoms with Crippen LogP contribution >= 0.6 is 0 Å². The van der Waals surface area contributed by atoms with Crippen molar-refractivity contribution in [2.75, 3.05) is 11.9 Å². The molecule has 1 aromatic heterocycles. The van der Waals surface area contributed by atoms with E-state index in [9.17, 15) is 9.59 Å². The number of rotatable bonds is 5. The lowest BCUT2D eigenvalue weighted by Gasteiger charge is -2.10. The second kappa shape index (κ2) is 5.95. The molecule has 1 unspecified atom stereocenters. The van der Waals surface area contributed by atoms with Gasteiger partial charge in [0.2, 0.25) is 5.91 Å². The van der Waals surface area contributed by atoms with Crippen molar-refractivity contribution >= 4 is 17.6 Å². The van der Waals surface area contributed by atoms with Crippen LogP contribution in [-0.4, -0.2) is 28.5 Å². The van der Waals surface area contributed by atoms with Crippen molar-refractivity contribution in [1.29, 1.82) is 0 Å². The summed E-state index contributed by atoms with van der Waals surface area (Å²) >= 11 is 0. The van der Waals surface area contributed by atoms with Gasteiger partial charge in [-0.1, -0.05) is 6.92 Å². The second-order valence-corrected chi connectivity index (χ2v) is 3.70. The minimum absolute atomic E-state index is 0.0574. The number of anilines is 1. The first-order valence-corrected chi connectivity index (χ1v) is 5.25. The van der Waals surface area contributed by atoms with Gasteiger partial charge in [0.1, 0.15) is 5.69 Å². The molecule has 6 heteroatoms. The third kappa shape index (κ3) is 3.84. The lowest BCUT2D eigenvalue weighted by Crippen LogP contribution is -2.22. The molecule has 1 atom stereocenters. The number of amides is 1. The average Bonchev–Trinajstić information content (AvgIpc) is 2.30. The lowest BCUT2D eigenvalue weighted by atomic mass is 10.1. The van der Waals surface area contributed by atoms with Gasteiger partial charge in [-0.15, -0.1) is 0 Å². The van der Waals surface area contributed by atoms with E-state index in [1.807, 2.05) is 0 Å². The second-order valence-electron chi connectivity index (χ2n) is 3.70. The molecule has 0 saturated heterocycles. The predicted molar refractivity (Wildman–Crippen MR) is 62.7 cm³/mol. The van der Waals surface area contributed by atoms with Crippen LogP contribution in [0.25, 0.3) is 0 Å². The van der Waals surface area contributed by atoms with Gasteiger partial charge in [0.15, 0.2) is 0 Å². The third-order valence-corrected chi connectivity index (χ3v) is 2.30. The molecule has 0 aliphatic rings. The van der Waals surface area contributed by atoms with Crippen LogP contribution in [0.1, 0.15) is 23.8 Å². The Hall–Kier alpha value is -1.95. The zero-order valence-electron chi connectivity index (χ0n) is 9.51. The molecular formula is C11H15N3O3. The van der Waals surface area contributed by atoms with E-state index in [1.54, 1.807) is 6.92 Å². The van der Waals surface area contributed by atoms with Crippen molar-refractivity contribution in [3.8, 4) is 0 Å². The maximum atomic E-state index is 11.6. The number of pyridine rings is 1. The molecule has 0 fully saturated rings. The Labute approximate surface area is 98.8 Å². The summed E-state index contributed by atoms with van der Waals surface area (Å²) in [4.78, 5) is 25.9. The molecule has 0 aliphatic carbocycles.